The molecule has 2 saturated carbocycles. The van der Waals surface area contributed by atoms with E-state index in [0.717, 1.165) is 0 Å². The van der Waals surface area contributed by atoms with Crippen LogP contribution in [0.3, 0.4) is 0 Å². The van der Waals surface area contributed by atoms with Gasteiger partial charge in [-0.25, -0.2) is 0 Å². The zero-order valence-corrected chi connectivity index (χ0v) is 23.0. The summed E-state index contributed by atoms with van der Waals surface area (Å²) in [6, 6.07) is 43.2. The fraction of sp³-hybridized carbons (Fsp3) is 0. The van der Waals surface area contributed by atoms with Gasteiger partial charge in [-0.05, 0) is 86.6 Å². The van der Waals surface area contributed by atoms with Gasteiger partial charge in [0.25, 0.3) is 0 Å². The van der Waals surface area contributed by atoms with Crippen molar-refractivity contribution in [1.29, 1.82) is 0 Å². The van der Waals surface area contributed by atoms with E-state index < -0.39 is 7.92 Å². The van der Waals surface area contributed by atoms with Gasteiger partial charge in [0.05, 0.1) is 0 Å². The maximum Gasteiger partial charge on any atom is 2.00 e. The summed E-state index contributed by atoms with van der Waals surface area (Å²) in [5.74, 6) is 1.28. The summed E-state index contributed by atoms with van der Waals surface area (Å²) in [6.45, 7) is 0. The molecule has 0 heterocycles. The van der Waals surface area contributed by atoms with Crippen molar-refractivity contribution in [3.63, 3.8) is 0 Å². The van der Waals surface area contributed by atoms with Gasteiger partial charge in [-0.15, -0.1) is 0 Å². The third-order valence-electron chi connectivity index (χ3n) is 6.12. The molecule has 0 N–H and O–H groups in total. The van der Waals surface area contributed by atoms with E-state index in [1.807, 2.05) is 32.1 Å². The monoisotopic (exact) mass is 548 g/mol. The molecule has 2 aliphatic carbocycles. The second-order valence-corrected chi connectivity index (χ2v) is 10.8. The predicted octanol–water partition coefficient (Wildman–Crippen LogP) is 8.00. The number of benzene rings is 4. The number of hydrogen-bond acceptors (Lipinski definition) is 0. The van der Waals surface area contributed by atoms with Gasteiger partial charge in [-0.2, -0.15) is 0 Å². The van der Waals surface area contributed by atoms with Gasteiger partial charge in [0, 0.05) is 11.6 Å². The van der Waals surface area contributed by atoms with E-state index in [4.69, 9.17) is 0 Å². The average Bonchev–Trinajstić information content (AvgIpc) is 3.70. The fourth-order valence-electron chi connectivity index (χ4n) is 4.38. The minimum atomic E-state index is -0.643. The van der Waals surface area contributed by atoms with E-state index in [9.17, 15) is 0 Å². The summed E-state index contributed by atoms with van der Waals surface area (Å²) >= 11 is 0. The Morgan fingerprint density at radius 1 is 0.447 bits per heavy atom. The van der Waals surface area contributed by atoms with Crippen molar-refractivity contribution in [2.24, 2.45) is 0 Å². The number of rotatable bonds is 6. The molecule has 184 valence electrons. The van der Waals surface area contributed by atoms with Crippen molar-refractivity contribution in [2.45, 2.75) is 0 Å². The third kappa shape index (κ3) is 7.57. The van der Waals surface area contributed by atoms with Crippen LogP contribution in [0, 0.1) is 62.9 Å². The number of allylic oxidation sites excluding steroid dienone is 1. The summed E-state index contributed by atoms with van der Waals surface area (Å²) < 4.78 is 0. The summed E-state index contributed by atoms with van der Waals surface area (Å²) in [5, 5.41) is 2.74. The molecule has 4 aromatic carbocycles. The molecule has 0 aliphatic heterocycles. The summed E-state index contributed by atoms with van der Waals surface area (Å²) in [6.07, 6.45) is 19.1. The molecule has 0 nitrogen and oxygen atoms in total. The zero-order chi connectivity index (χ0) is 25.1. The van der Waals surface area contributed by atoms with Gasteiger partial charge in [0.1, 0.15) is 0 Å². The molecule has 4 aromatic rings. The molecular formula is C36H29FeP+2. The normalized spacial score (nSPS) is 15.4. The van der Waals surface area contributed by atoms with Crippen LogP contribution in [0.15, 0.2) is 127 Å². The van der Waals surface area contributed by atoms with Gasteiger partial charge < -0.3 is 0 Å². The quantitative estimate of drug-likeness (QED) is 0.169. The Labute approximate surface area is 241 Å². The van der Waals surface area contributed by atoms with Crippen LogP contribution < -0.4 is 10.6 Å². The molecule has 38 heavy (non-hydrogen) atoms. The Morgan fingerprint density at radius 3 is 1.26 bits per heavy atom. The molecule has 6 rings (SSSR count). The minimum absolute atomic E-state index is 0. The summed E-state index contributed by atoms with van der Waals surface area (Å²) in [5.41, 5.74) is 5.10. The largest absolute Gasteiger partial charge is 2.00 e. The van der Waals surface area contributed by atoms with Crippen LogP contribution >= 0.6 is 7.92 Å². The van der Waals surface area contributed by atoms with Crippen molar-refractivity contribution in [3.8, 4) is 0 Å². The van der Waals surface area contributed by atoms with Crippen LogP contribution in [0.25, 0.3) is 5.57 Å². The van der Waals surface area contributed by atoms with E-state index in [-0.39, 0.29) is 17.1 Å². The summed E-state index contributed by atoms with van der Waals surface area (Å²) in [7, 11) is -0.643. The van der Waals surface area contributed by atoms with Crippen LogP contribution in [0.5, 0.6) is 0 Å². The van der Waals surface area contributed by atoms with Crippen molar-refractivity contribution >= 4 is 24.1 Å². The Hall–Kier alpha value is -2.43. The first kappa shape index (κ1) is 28.6. The predicted molar refractivity (Wildman–Crippen MR) is 160 cm³/mol. The standard InChI is InChI=1S/C31H24P.C5H5.Fe/c1-5-14-25(15-6-1)30(26-16-7-2-8-17-26)24-27-18-13-23-31(27)32(28-19-9-3-10-20-28)29-21-11-4-12-22-29;1-2-4-5-3-1;/h1-24H;1-5H;/q;;+2. The van der Waals surface area contributed by atoms with E-state index in [1.54, 1.807) is 0 Å². The Balaban J connectivity index is 0.000000504. The Bertz CT molecular complexity index is 1130. The van der Waals surface area contributed by atoms with E-state index in [0.29, 0.717) is 0 Å². The van der Waals surface area contributed by atoms with Crippen molar-refractivity contribution in [1.82, 2.24) is 0 Å². The molecule has 0 unspecified atom stereocenters. The molecule has 0 aromatic heterocycles. The molecule has 0 bridgehead atoms. The molecule has 2 aliphatic rings. The molecule has 10 radical (unpaired) electrons. The molecule has 2 heteroatoms. The van der Waals surface area contributed by atoms with Gasteiger partial charge in [-0.3, -0.25) is 0 Å². The van der Waals surface area contributed by atoms with Crippen LogP contribution in [0.4, 0.5) is 0 Å². The molecule has 0 amide bonds. The smallest absolute Gasteiger partial charge is 0.0676 e. The molecular weight excluding hydrogens is 519 g/mol. The van der Waals surface area contributed by atoms with Gasteiger partial charge >= 0.3 is 17.1 Å². The van der Waals surface area contributed by atoms with E-state index in [2.05, 4.69) is 147 Å². The Kier molecular flexibility index (Phi) is 11.5. The van der Waals surface area contributed by atoms with Crippen LogP contribution in [-0.4, -0.2) is 0 Å². The fourth-order valence-corrected chi connectivity index (χ4v) is 6.80. The zero-order valence-electron chi connectivity index (χ0n) is 21.0. The van der Waals surface area contributed by atoms with Crippen LogP contribution in [0.1, 0.15) is 11.1 Å². The van der Waals surface area contributed by atoms with Crippen molar-refractivity contribution < 1.29 is 17.1 Å². The average molecular weight is 548 g/mol. The van der Waals surface area contributed by atoms with Gasteiger partial charge in [0.15, 0.2) is 0 Å². The van der Waals surface area contributed by atoms with Crippen LogP contribution in [-0.2, 0) is 17.1 Å². The van der Waals surface area contributed by atoms with E-state index >= 15 is 0 Å². The van der Waals surface area contributed by atoms with Gasteiger partial charge in [0.2, 0.25) is 0 Å². The topological polar surface area (TPSA) is 0 Å². The third-order valence-corrected chi connectivity index (χ3v) is 8.64. The second-order valence-electron chi connectivity index (χ2n) is 8.63. The Morgan fingerprint density at radius 2 is 0.842 bits per heavy atom. The molecule has 2 fully saturated rings. The molecule has 0 spiro atoms. The van der Waals surface area contributed by atoms with E-state index in [1.165, 1.54) is 38.9 Å². The minimum Gasteiger partial charge on any atom is -0.0676 e. The number of hydrogen-bond donors (Lipinski definition) is 0. The molecule has 0 saturated heterocycles. The second kappa shape index (κ2) is 15.2. The first-order valence-corrected chi connectivity index (χ1v) is 13.9. The van der Waals surface area contributed by atoms with Crippen LogP contribution in [0.2, 0.25) is 0 Å². The maximum atomic E-state index is 2.36. The SMILES string of the molecule is [CH]1[CH][CH][CH][CH]1.[CH]1[CH][C](C=C(c2ccccc2)c2ccccc2)[C](P(c2ccccc2)c2ccccc2)[CH]1.[Fe+2]. The maximum absolute atomic E-state index is 2.36. The first-order chi connectivity index (χ1) is 18.4. The summed E-state index contributed by atoms with van der Waals surface area (Å²) in [4.78, 5) is 0. The first-order valence-electron chi connectivity index (χ1n) is 12.6. The molecule has 0 atom stereocenters. The van der Waals surface area contributed by atoms with Crippen molar-refractivity contribution in [3.05, 3.63) is 201 Å². The van der Waals surface area contributed by atoms with Gasteiger partial charge in [-0.1, -0.05) is 127 Å². The van der Waals surface area contributed by atoms with Crippen molar-refractivity contribution in [2.75, 3.05) is 0 Å².